The molecule has 0 amide bonds. The van der Waals surface area contributed by atoms with E-state index in [0.717, 1.165) is 12.5 Å². The van der Waals surface area contributed by atoms with Gasteiger partial charge in [0, 0.05) is 6.92 Å². The van der Waals surface area contributed by atoms with Crippen LogP contribution in [-0.2, 0) is 61.8 Å². The van der Waals surface area contributed by atoms with Crippen LogP contribution in [-0.4, -0.2) is 232 Å². The van der Waals surface area contributed by atoms with Gasteiger partial charge >= 0.3 is 23.9 Å². The second kappa shape index (κ2) is 22.0. The summed E-state index contributed by atoms with van der Waals surface area (Å²) >= 11 is 0. The predicted octanol–water partition coefficient (Wildman–Crippen LogP) is -1.67. The van der Waals surface area contributed by atoms with E-state index in [-0.39, 0.29) is 31.6 Å². The molecule has 26 nitrogen and oxygen atoms in total. The fraction of sp³-hybridized carbons (Fsp3) is 0.891. The maximum absolute atomic E-state index is 15.8. The van der Waals surface area contributed by atoms with Crippen LogP contribution < -0.4 is 0 Å². The molecule has 0 spiro atoms. The molecule has 0 aromatic heterocycles. The van der Waals surface area contributed by atoms with E-state index >= 15 is 4.79 Å². The Balaban J connectivity index is 1.06. The summed E-state index contributed by atoms with van der Waals surface area (Å²) in [5, 5.41) is 143. The minimum atomic E-state index is -2.05. The van der Waals surface area contributed by atoms with Gasteiger partial charge in [-0.3, -0.25) is 14.4 Å². The topological polar surface area (TPSA) is 414 Å². The number of aliphatic hydroxyl groups is 11. The second-order valence-corrected chi connectivity index (χ2v) is 26.4. The molecule has 4 saturated heterocycles. The first-order chi connectivity index (χ1) is 37.6. The summed E-state index contributed by atoms with van der Waals surface area (Å²) in [6.07, 6.45) is -33.9. The largest absolute Gasteiger partial charge is 0.481 e. The van der Waals surface area contributed by atoms with Gasteiger partial charge in [0.05, 0.1) is 36.4 Å². The van der Waals surface area contributed by atoms with Crippen LogP contribution in [0.5, 0.6) is 0 Å². The number of allylic oxidation sites excluding steroid dienone is 2. The number of aliphatic carboxylic acids is 2. The second-order valence-electron chi connectivity index (χ2n) is 26.4. The van der Waals surface area contributed by atoms with Crippen molar-refractivity contribution in [2.24, 2.45) is 50.2 Å². The van der Waals surface area contributed by atoms with Crippen molar-refractivity contribution in [3.63, 3.8) is 0 Å². The summed E-state index contributed by atoms with van der Waals surface area (Å²) in [6.45, 7) is 15.1. The molecule has 26 heteroatoms. The first-order valence-corrected chi connectivity index (χ1v) is 28.2. The number of hydrogen-bond donors (Lipinski definition) is 13. The number of carboxylic acids is 2. The zero-order valence-electron chi connectivity index (χ0n) is 47.0. The van der Waals surface area contributed by atoms with E-state index in [1.807, 2.05) is 13.8 Å². The van der Waals surface area contributed by atoms with E-state index in [2.05, 4.69) is 26.8 Å². The van der Waals surface area contributed by atoms with Crippen LogP contribution in [0.25, 0.3) is 0 Å². The molecule has 0 aromatic rings. The van der Waals surface area contributed by atoms with Gasteiger partial charge in [0.2, 0.25) is 6.29 Å². The van der Waals surface area contributed by atoms with Crippen LogP contribution >= 0.6 is 0 Å². The van der Waals surface area contributed by atoms with Crippen LogP contribution in [0.1, 0.15) is 114 Å². The van der Waals surface area contributed by atoms with Crippen LogP contribution in [0.4, 0.5) is 0 Å². The first kappa shape index (κ1) is 62.4. The monoisotopic (exact) mass is 1160 g/mol. The number of fused-ring (bicyclic) bond motifs is 7. The van der Waals surface area contributed by atoms with Crippen molar-refractivity contribution in [1.29, 1.82) is 0 Å². The SMILES string of the molecule is CC(=O)O[C@@H]1[C@H](O[C@@H]2OC[C@@H](O)[C@H](O)[C@H]2O)[C@@H](O[C@@H]2O[C@@H](C)[C@H](O)[C@@H](O)[C@H]2O)[C@H](OC(=O)[C@]23CCC(C)(C)C[C@H]2C2=CC[C@@H]4[C@@]5(C)C[C@H](O)[C@H](O[C@@H]6O[C@H](C(=O)O)[C@@H](O)[C@H](O)[C@H]6O)[C@@](C)(C(=O)O)[C@@H]5CC[C@@]4(C)[C@]2(C)C[C@H]3O)O[C@@H]1C. The highest BCUT2D eigenvalue weighted by molar-refractivity contribution is 5.80. The fourth-order valence-electron chi connectivity index (χ4n) is 16.6. The highest BCUT2D eigenvalue weighted by atomic mass is 16.8. The maximum Gasteiger partial charge on any atom is 0.335 e. The standard InChI is InChI=1S/C55H84O26/c1-20-30(60)32(62)36(66)45(74-20)79-41-40(78-44-35(65)31(61)26(58)19-73-44)38(76-22(3)56)21(2)75-47(41)81-49(72)55-15-14-50(4,5)16-24(55)23-10-11-27-51(6)17-25(57)42(80-46-37(67)33(63)34(64)39(77-46)43(68)69)54(9,48(70)71)28(51)12-13-52(27,7)53(23,8)18-29(55)59/h10,20-21,24-42,44-47,57-67H,11-19H2,1-9H3,(H,68,69)(H,70,71)/t20-,21+,24-,25-,26+,27+,28+,29+,30-,31-,32+,33-,34-,35+,36+,37+,38-,39-,40-,41+,42-,44-,45-,46-,47-,51+,52+,53+,54-,55+/m0/s1. The lowest BCUT2D eigenvalue weighted by atomic mass is 9.33. The van der Waals surface area contributed by atoms with Crippen molar-refractivity contribution in [1.82, 2.24) is 0 Å². The van der Waals surface area contributed by atoms with Crippen LogP contribution in [0.15, 0.2) is 11.6 Å². The summed E-state index contributed by atoms with van der Waals surface area (Å²) in [5.74, 6) is -6.56. The summed E-state index contributed by atoms with van der Waals surface area (Å²) in [7, 11) is 0. The van der Waals surface area contributed by atoms with Gasteiger partial charge in [-0.05, 0) is 112 Å². The molecule has 81 heavy (non-hydrogen) atoms. The van der Waals surface area contributed by atoms with Gasteiger partial charge in [0.1, 0.15) is 72.6 Å². The Morgan fingerprint density at radius 3 is 1.83 bits per heavy atom. The van der Waals surface area contributed by atoms with E-state index < -0.39 is 210 Å². The van der Waals surface area contributed by atoms with Crippen LogP contribution in [0.2, 0.25) is 0 Å². The molecule has 0 radical (unpaired) electrons. The van der Waals surface area contributed by atoms with Gasteiger partial charge in [0.15, 0.2) is 37.2 Å². The average molecular weight is 1160 g/mol. The third-order valence-electron chi connectivity index (χ3n) is 21.3. The normalized spacial score (nSPS) is 53.3. The number of esters is 2. The number of hydrogen-bond acceptors (Lipinski definition) is 24. The lowest BCUT2D eigenvalue weighted by Gasteiger charge is -2.71. The quantitative estimate of drug-likeness (QED) is 0.0625. The third-order valence-corrected chi connectivity index (χ3v) is 21.3. The van der Waals surface area contributed by atoms with Gasteiger partial charge in [-0.1, -0.05) is 46.3 Å². The molecule has 13 N–H and O–H groups in total. The van der Waals surface area contributed by atoms with Crippen molar-refractivity contribution in [2.75, 3.05) is 6.61 Å². The molecule has 460 valence electrons. The van der Waals surface area contributed by atoms with Crippen molar-refractivity contribution >= 4 is 23.9 Å². The summed E-state index contributed by atoms with van der Waals surface area (Å²) in [4.78, 5) is 54.3. The molecule has 9 rings (SSSR count). The van der Waals surface area contributed by atoms with E-state index in [0.29, 0.717) is 25.7 Å². The van der Waals surface area contributed by atoms with E-state index in [1.54, 1.807) is 0 Å². The molecule has 0 unspecified atom stereocenters. The number of ether oxygens (including phenoxy) is 9. The molecular formula is C55H84O26. The van der Waals surface area contributed by atoms with Crippen molar-refractivity contribution in [3.8, 4) is 0 Å². The Morgan fingerprint density at radius 1 is 0.593 bits per heavy atom. The van der Waals surface area contributed by atoms with E-state index in [4.69, 9.17) is 42.6 Å². The van der Waals surface area contributed by atoms with Crippen molar-refractivity contribution in [3.05, 3.63) is 11.6 Å². The lowest BCUT2D eigenvalue weighted by molar-refractivity contribution is -0.380. The number of carbonyl (C=O) groups is 4. The number of rotatable bonds is 11. The number of carbonyl (C=O) groups excluding carboxylic acids is 2. The number of aliphatic hydroxyl groups excluding tert-OH is 11. The van der Waals surface area contributed by atoms with Gasteiger partial charge in [-0.15, -0.1) is 0 Å². The Kier molecular flexibility index (Phi) is 17.0. The zero-order valence-corrected chi connectivity index (χ0v) is 47.0. The van der Waals surface area contributed by atoms with Crippen molar-refractivity contribution < 1.29 is 128 Å². The summed E-state index contributed by atoms with van der Waals surface area (Å²) in [5.41, 5.74) is -5.71. The smallest absolute Gasteiger partial charge is 0.335 e. The predicted molar refractivity (Wildman–Crippen MR) is 269 cm³/mol. The summed E-state index contributed by atoms with van der Waals surface area (Å²) in [6, 6.07) is 0. The van der Waals surface area contributed by atoms with Crippen molar-refractivity contribution in [2.45, 2.75) is 249 Å². The highest BCUT2D eigenvalue weighted by Gasteiger charge is 2.74. The molecular weight excluding hydrogens is 1080 g/mol. The molecule has 4 heterocycles. The Hall–Kier alpha value is -3.10. The Morgan fingerprint density at radius 2 is 1.20 bits per heavy atom. The maximum atomic E-state index is 15.8. The van der Waals surface area contributed by atoms with Gasteiger partial charge in [-0.2, -0.15) is 0 Å². The first-order valence-electron chi connectivity index (χ1n) is 28.2. The number of carboxylic acid groups (broad SMARTS) is 2. The fourth-order valence-corrected chi connectivity index (χ4v) is 16.6. The average Bonchev–Trinajstić information content (AvgIpc) is 2.16. The van der Waals surface area contributed by atoms with E-state index in [1.165, 1.54) is 20.8 Å². The highest BCUT2D eigenvalue weighted by Crippen LogP contribution is 2.76. The molecule has 4 saturated carbocycles. The molecule has 9 aliphatic rings. The summed E-state index contributed by atoms with van der Waals surface area (Å²) < 4.78 is 54.1. The molecule has 30 atom stereocenters. The molecule has 5 aliphatic carbocycles. The van der Waals surface area contributed by atoms with Crippen LogP contribution in [0, 0.1) is 50.2 Å². The minimum Gasteiger partial charge on any atom is -0.481 e. The van der Waals surface area contributed by atoms with E-state index in [9.17, 15) is 80.8 Å². The minimum absolute atomic E-state index is 0.00629. The lowest BCUT2D eigenvalue weighted by Crippen LogP contribution is -2.71. The Bertz CT molecular complexity index is 2410. The van der Waals surface area contributed by atoms with Gasteiger partial charge < -0.3 is 109 Å². The molecule has 8 fully saturated rings. The van der Waals surface area contributed by atoms with Gasteiger partial charge in [-0.25, -0.2) is 4.79 Å². The third kappa shape index (κ3) is 9.98. The molecule has 4 aliphatic heterocycles. The van der Waals surface area contributed by atoms with Gasteiger partial charge in [0.25, 0.3) is 0 Å². The Labute approximate surface area is 468 Å². The molecule has 0 bridgehead atoms. The molecule has 0 aromatic carbocycles. The van der Waals surface area contributed by atoms with Crippen LogP contribution in [0.3, 0.4) is 0 Å². The zero-order chi connectivity index (χ0) is 59.8.